The molecular weight excluding hydrogens is 336 g/mol. The SMILES string of the molecule is CCOC(=O)C1(CNCc2ccc(-c3ccccc3C#N)cc2)CCCC1. The van der Waals surface area contributed by atoms with Gasteiger partial charge in [0.2, 0.25) is 0 Å². The zero-order valence-electron chi connectivity index (χ0n) is 15.8. The minimum Gasteiger partial charge on any atom is -0.466 e. The molecular formula is C23H26N2O2. The highest BCUT2D eigenvalue weighted by molar-refractivity contribution is 5.77. The van der Waals surface area contributed by atoms with Crippen LogP contribution in [0.4, 0.5) is 0 Å². The fourth-order valence-electron chi connectivity index (χ4n) is 3.87. The molecule has 4 heteroatoms. The molecule has 0 spiro atoms. The van der Waals surface area contributed by atoms with Crippen molar-refractivity contribution in [1.29, 1.82) is 5.26 Å². The van der Waals surface area contributed by atoms with Crippen molar-refractivity contribution in [2.45, 2.75) is 39.2 Å². The van der Waals surface area contributed by atoms with E-state index in [9.17, 15) is 10.1 Å². The summed E-state index contributed by atoms with van der Waals surface area (Å²) in [5, 5.41) is 12.7. The number of rotatable bonds is 7. The van der Waals surface area contributed by atoms with Crippen LogP contribution in [0.5, 0.6) is 0 Å². The van der Waals surface area contributed by atoms with E-state index in [1.165, 1.54) is 0 Å². The van der Waals surface area contributed by atoms with Crippen LogP contribution in [0.25, 0.3) is 11.1 Å². The average Bonchev–Trinajstić information content (AvgIpc) is 3.19. The number of nitriles is 1. The Kier molecular flexibility index (Phi) is 6.26. The maximum atomic E-state index is 12.4. The Balaban J connectivity index is 1.62. The van der Waals surface area contributed by atoms with Crippen LogP contribution >= 0.6 is 0 Å². The molecule has 0 heterocycles. The lowest BCUT2D eigenvalue weighted by Gasteiger charge is -2.26. The van der Waals surface area contributed by atoms with Gasteiger partial charge < -0.3 is 10.1 Å². The van der Waals surface area contributed by atoms with Crippen molar-refractivity contribution in [3.8, 4) is 17.2 Å². The van der Waals surface area contributed by atoms with Crippen LogP contribution in [0.15, 0.2) is 48.5 Å². The Hall–Kier alpha value is -2.64. The maximum Gasteiger partial charge on any atom is 0.313 e. The third kappa shape index (κ3) is 4.37. The van der Waals surface area contributed by atoms with E-state index in [1.54, 1.807) is 0 Å². The summed E-state index contributed by atoms with van der Waals surface area (Å²) >= 11 is 0. The number of hydrogen-bond donors (Lipinski definition) is 1. The van der Waals surface area contributed by atoms with Crippen LogP contribution in [0.1, 0.15) is 43.7 Å². The van der Waals surface area contributed by atoms with Crippen molar-refractivity contribution in [3.05, 3.63) is 59.7 Å². The predicted molar refractivity (Wildman–Crippen MR) is 106 cm³/mol. The molecule has 0 unspecified atom stereocenters. The second-order valence-electron chi connectivity index (χ2n) is 7.17. The van der Waals surface area contributed by atoms with E-state index < -0.39 is 0 Å². The third-order valence-corrected chi connectivity index (χ3v) is 5.37. The van der Waals surface area contributed by atoms with Crippen LogP contribution in [-0.4, -0.2) is 19.1 Å². The van der Waals surface area contributed by atoms with E-state index in [1.807, 2.05) is 43.3 Å². The van der Waals surface area contributed by atoms with Gasteiger partial charge in [0.15, 0.2) is 0 Å². The molecule has 140 valence electrons. The lowest BCUT2D eigenvalue weighted by molar-refractivity contribution is -0.154. The standard InChI is InChI=1S/C23H26N2O2/c1-2-27-22(26)23(13-5-6-14-23)17-25-16-18-9-11-19(12-10-18)21-8-4-3-7-20(21)15-24/h3-4,7-12,25H,2,5-6,13-14,16-17H2,1H3. The molecule has 4 nitrogen and oxygen atoms in total. The highest BCUT2D eigenvalue weighted by Crippen LogP contribution is 2.38. The van der Waals surface area contributed by atoms with Gasteiger partial charge in [0, 0.05) is 13.1 Å². The van der Waals surface area contributed by atoms with Gasteiger partial charge in [-0.15, -0.1) is 0 Å². The minimum atomic E-state index is -0.359. The summed E-state index contributed by atoms with van der Waals surface area (Å²) in [6.07, 6.45) is 3.99. The Morgan fingerprint density at radius 1 is 1.15 bits per heavy atom. The number of carbonyl (C=O) groups excluding carboxylic acids is 1. The minimum absolute atomic E-state index is 0.0570. The average molecular weight is 362 g/mol. The zero-order valence-corrected chi connectivity index (χ0v) is 15.8. The molecule has 1 N–H and O–H groups in total. The summed E-state index contributed by atoms with van der Waals surface area (Å²) in [7, 11) is 0. The molecule has 0 saturated heterocycles. The van der Waals surface area contributed by atoms with Crippen LogP contribution in [-0.2, 0) is 16.1 Å². The van der Waals surface area contributed by atoms with E-state index in [0.717, 1.165) is 42.4 Å². The Morgan fingerprint density at radius 3 is 2.52 bits per heavy atom. The largest absolute Gasteiger partial charge is 0.466 e. The second kappa shape index (κ2) is 8.83. The molecule has 0 radical (unpaired) electrons. The third-order valence-electron chi connectivity index (χ3n) is 5.37. The van der Waals surface area contributed by atoms with Gasteiger partial charge in [-0.25, -0.2) is 0 Å². The molecule has 0 aliphatic heterocycles. The summed E-state index contributed by atoms with van der Waals surface area (Å²) in [5.74, 6) is -0.0570. The van der Waals surface area contributed by atoms with E-state index in [0.29, 0.717) is 25.3 Å². The van der Waals surface area contributed by atoms with Crippen molar-refractivity contribution in [2.24, 2.45) is 5.41 Å². The van der Waals surface area contributed by atoms with Gasteiger partial charge in [-0.3, -0.25) is 4.79 Å². The summed E-state index contributed by atoms with van der Waals surface area (Å²) in [6.45, 7) is 3.67. The number of nitrogens with zero attached hydrogens (tertiary/aromatic N) is 1. The molecule has 1 aliphatic carbocycles. The first-order valence-electron chi connectivity index (χ1n) is 9.65. The van der Waals surface area contributed by atoms with Gasteiger partial charge in [0.05, 0.1) is 23.7 Å². The molecule has 0 amide bonds. The van der Waals surface area contributed by atoms with Gasteiger partial charge in [-0.05, 0) is 42.5 Å². The lowest BCUT2D eigenvalue weighted by atomic mass is 9.86. The molecule has 2 aromatic carbocycles. The van der Waals surface area contributed by atoms with Gasteiger partial charge >= 0.3 is 5.97 Å². The topological polar surface area (TPSA) is 62.1 Å². The first-order valence-corrected chi connectivity index (χ1v) is 9.65. The first kappa shape index (κ1) is 19.1. The molecule has 0 atom stereocenters. The molecule has 1 aliphatic rings. The number of hydrogen-bond acceptors (Lipinski definition) is 4. The summed E-state index contributed by atoms with van der Waals surface area (Å²) in [6, 6.07) is 18.1. The summed E-state index contributed by atoms with van der Waals surface area (Å²) in [5.41, 5.74) is 3.47. The zero-order chi connectivity index (χ0) is 19.1. The Bertz CT molecular complexity index is 815. The summed E-state index contributed by atoms with van der Waals surface area (Å²) in [4.78, 5) is 12.4. The van der Waals surface area contributed by atoms with Gasteiger partial charge in [0.1, 0.15) is 0 Å². The first-order chi connectivity index (χ1) is 13.2. The van der Waals surface area contributed by atoms with Gasteiger partial charge in [-0.1, -0.05) is 55.3 Å². The van der Waals surface area contributed by atoms with Gasteiger partial charge in [0.25, 0.3) is 0 Å². The van der Waals surface area contributed by atoms with E-state index in [-0.39, 0.29) is 11.4 Å². The fourth-order valence-corrected chi connectivity index (χ4v) is 3.87. The van der Waals surface area contributed by atoms with E-state index in [2.05, 4.69) is 23.5 Å². The van der Waals surface area contributed by atoms with Crippen LogP contribution in [0.2, 0.25) is 0 Å². The molecule has 27 heavy (non-hydrogen) atoms. The smallest absolute Gasteiger partial charge is 0.313 e. The van der Waals surface area contributed by atoms with Gasteiger partial charge in [-0.2, -0.15) is 5.26 Å². The number of esters is 1. The predicted octanol–water partition coefficient (Wildman–Crippen LogP) is 4.44. The highest BCUT2D eigenvalue weighted by Gasteiger charge is 2.42. The van der Waals surface area contributed by atoms with Crippen molar-refractivity contribution in [2.75, 3.05) is 13.2 Å². The van der Waals surface area contributed by atoms with Crippen LogP contribution in [0, 0.1) is 16.7 Å². The second-order valence-corrected chi connectivity index (χ2v) is 7.17. The molecule has 3 rings (SSSR count). The molecule has 0 bridgehead atoms. The van der Waals surface area contributed by atoms with Crippen molar-refractivity contribution < 1.29 is 9.53 Å². The maximum absolute atomic E-state index is 12.4. The number of nitrogens with one attached hydrogen (secondary N) is 1. The van der Waals surface area contributed by atoms with E-state index in [4.69, 9.17) is 4.74 Å². The Morgan fingerprint density at radius 2 is 1.85 bits per heavy atom. The van der Waals surface area contributed by atoms with Crippen molar-refractivity contribution in [1.82, 2.24) is 5.32 Å². The molecule has 1 fully saturated rings. The highest BCUT2D eigenvalue weighted by atomic mass is 16.5. The monoisotopic (exact) mass is 362 g/mol. The molecule has 2 aromatic rings. The van der Waals surface area contributed by atoms with Crippen LogP contribution < -0.4 is 5.32 Å². The quantitative estimate of drug-likeness (QED) is 0.740. The Labute approximate surface area is 161 Å². The molecule has 1 saturated carbocycles. The van der Waals surface area contributed by atoms with E-state index >= 15 is 0 Å². The summed E-state index contributed by atoms with van der Waals surface area (Å²) < 4.78 is 5.31. The fraction of sp³-hybridized carbons (Fsp3) is 0.391. The number of benzene rings is 2. The van der Waals surface area contributed by atoms with Crippen molar-refractivity contribution >= 4 is 5.97 Å². The normalized spacial score (nSPS) is 15.3. The number of ether oxygens (including phenoxy) is 1. The van der Waals surface area contributed by atoms with Crippen LogP contribution in [0.3, 0.4) is 0 Å². The molecule has 0 aromatic heterocycles. The number of carbonyl (C=O) groups is 1. The lowest BCUT2D eigenvalue weighted by Crippen LogP contribution is -2.40. The van der Waals surface area contributed by atoms with Crippen molar-refractivity contribution in [3.63, 3.8) is 0 Å².